The third-order valence-corrected chi connectivity index (χ3v) is 3.98. The number of rotatable bonds is 7. The quantitative estimate of drug-likeness (QED) is 0.755. The first-order chi connectivity index (χ1) is 8.56. The minimum Gasteiger partial charge on any atom is -0.474 e. The standard InChI is InChI=1S/C14H23BrN2O/c1-4-5-6-7-8-10(2)18-14-13(15)11(3)12(16)9-17-14/h9-10H,4-8,16H2,1-3H3. The van der Waals surface area contributed by atoms with Gasteiger partial charge in [0, 0.05) is 0 Å². The summed E-state index contributed by atoms with van der Waals surface area (Å²) in [6, 6.07) is 0. The maximum absolute atomic E-state index is 5.85. The first-order valence-electron chi connectivity index (χ1n) is 6.63. The predicted molar refractivity (Wildman–Crippen MR) is 79.9 cm³/mol. The number of hydrogen-bond donors (Lipinski definition) is 1. The van der Waals surface area contributed by atoms with E-state index in [9.17, 15) is 0 Å². The molecular formula is C14H23BrN2O. The summed E-state index contributed by atoms with van der Waals surface area (Å²) < 4.78 is 6.71. The fourth-order valence-corrected chi connectivity index (χ4v) is 2.18. The highest BCUT2D eigenvalue weighted by atomic mass is 79.9. The second-order valence-corrected chi connectivity index (χ2v) is 5.53. The van der Waals surface area contributed by atoms with Crippen molar-refractivity contribution in [3.8, 4) is 5.88 Å². The number of hydrogen-bond acceptors (Lipinski definition) is 3. The molecule has 0 bridgehead atoms. The molecule has 1 aromatic rings. The molecule has 18 heavy (non-hydrogen) atoms. The van der Waals surface area contributed by atoms with Crippen LogP contribution >= 0.6 is 15.9 Å². The van der Waals surface area contributed by atoms with Gasteiger partial charge in [0.2, 0.25) is 5.88 Å². The Hall–Kier alpha value is -0.770. The minimum atomic E-state index is 0.189. The van der Waals surface area contributed by atoms with Gasteiger partial charge in [0.15, 0.2) is 0 Å². The lowest BCUT2D eigenvalue weighted by atomic mass is 10.1. The van der Waals surface area contributed by atoms with Crippen molar-refractivity contribution < 1.29 is 4.74 Å². The average molecular weight is 315 g/mol. The third kappa shape index (κ3) is 4.48. The summed E-state index contributed by atoms with van der Waals surface area (Å²) in [7, 11) is 0. The molecule has 0 saturated carbocycles. The Morgan fingerprint density at radius 3 is 2.78 bits per heavy atom. The van der Waals surface area contributed by atoms with Crippen LogP contribution in [-0.2, 0) is 0 Å². The molecule has 1 atom stereocenters. The fourth-order valence-electron chi connectivity index (χ4n) is 1.76. The van der Waals surface area contributed by atoms with Crippen molar-refractivity contribution in [2.24, 2.45) is 0 Å². The van der Waals surface area contributed by atoms with E-state index in [0.29, 0.717) is 11.6 Å². The van der Waals surface area contributed by atoms with E-state index < -0.39 is 0 Å². The van der Waals surface area contributed by atoms with E-state index in [0.717, 1.165) is 16.5 Å². The maximum Gasteiger partial charge on any atom is 0.228 e. The van der Waals surface area contributed by atoms with Crippen LogP contribution < -0.4 is 10.5 Å². The van der Waals surface area contributed by atoms with Gasteiger partial charge in [0.1, 0.15) is 0 Å². The molecule has 0 aliphatic rings. The molecule has 0 aliphatic carbocycles. The van der Waals surface area contributed by atoms with Crippen LogP contribution in [0.25, 0.3) is 0 Å². The van der Waals surface area contributed by atoms with Gasteiger partial charge in [-0.1, -0.05) is 26.2 Å². The van der Waals surface area contributed by atoms with Crippen LogP contribution in [0.4, 0.5) is 5.69 Å². The molecule has 2 N–H and O–H groups in total. The number of nitrogens with two attached hydrogens (primary N) is 1. The molecule has 0 aliphatic heterocycles. The molecule has 1 rings (SSSR count). The van der Waals surface area contributed by atoms with Crippen molar-refractivity contribution in [2.45, 2.75) is 59.0 Å². The topological polar surface area (TPSA) is 48.1 Å². The molecule has 0 amide bonds. The zero-order chi connectivity index (χ0) is 13.5. The number of nitrogen functional groups attached to an aromatic ring is 1. The normalized spacial score (nSPS) is 12.4. The third-order valence-electron chi connectivity index (χ3n) is 3.05. The summed E-state index contributed by atoms with van der Waals surface area (Å²) in [6.07, 6.45) is 7.96. The van der Waals surface area contributed by atoms with Crippen molar-refractivity contribution in [3.63, 3.8) is 0 Å². The smallest absolute Gasteiger partial charge is 0.228 e. The van der Waals surface area contributed by atoms with Crippen LogP contribution in [0.3, 0.4) is 0 Å². The molecule has 4 heteroatoms. The van der Waals surface area contributed by atoms with Crippen molar-refractivity contribution in [2.75, 3.05) is 5.73 Å². The van der Waals surface area contributed by atoms with Gasteiger partial charge in [0.05, 0.1) is 22.5 Å². The summed E-state index contributed by atoms with van der Waals surface area (Å²) in [6.45, 7) is 6.27. The van der Waals surface area contributed by atoms with E-state index in [1.807, 2.05) is 6.92 Å². The summed E-state index contributed by atoms with van der Waals surface area (Å²) in [4.78, 5) is 4.23. The highest BCUT2D eigenvalue weighted by Crippen LogP contribution is 2.30. The van der Waals surface area contributed by atoms with Gasteiger partial charge in [0.25, 0.3) is 0 Å². The Balaban J connectivity index is 2.49. The van der Waals surface area contributed by atoms with Crippen molar-refractivity contribution in [1.82, 2.24) is 4.98 Å². The molecule has 1 aromatic heterocycles. The Bertz CT molecular complexity index is 382. The van der Waals surface area contributed by atoms with Crippen molar-refractivity contribution >= 4 is 21.6 Å². The van der Waals surface area contributed by atoms with Crippen LogP contribution in [0.15, 0.2) is 10.7 Å². The molecule has 0 radical (unpaired) electrons. The number of nitrogens with zero attached hydrogens (tertiary/aromatic N) is 1. The van der Waals surface area contributed by atoms with Gasteiger partial charge < -0.3 is 10.5 Å². The van der Waals surface area contributed by atoms with Crippen molar-refractivity contribution in [3.05, 3.63) is 16.2 Å². The first-order valence-corrected chi connectivity index (χ1v) is 7.42. The highest BCUT2D eigenvalue weighted by molar-refractivity contribution is 9.10. The Morgan fingerprint density at radius 1 is 1.39 bits per heavy atom. The monoisotopic (exact) mass is 314 g/mol. The van der Waals surface area contributed by atoms with Gasteiger partial charge in [-0.05, 0) is 48.2 Å². The van der Waals surface area contributed by atoms with E-state index in [-0.39, 0.29) is 6.10 Å². The number of unbranched alkanes of at least 4 members (excludes halogenated alkanes) is 3. The maximum atomic E-state index is 5.85. The van der Waals surface area contributed by atoms with E-state index in [4.69, 9.17) is 10.5 Å². The Morgan fingerprint density at radius 2 is 2.11 bits per heavy atom. The van der Waals surface area contributed by atoms with E-state index in [2.05, 4.69) is 34.8 Å². The molecule has 0 spiro atoms. The van der Waals surface area contributed by atoms with E-state index in [1.165, 1.54) is 25.7 Å². The van der Waals surface area contributed by atoms with Crippen LogP contribution in [0.2, 0.25) is 0 Å². The summed E-state index contributed by atoms with van der Waals surface area (Å²) in [5, 5.41) is 0. The second-order valence-electron chi connectivity index (χ2n) is 4.74. The zero-order valence-corrected chi connectivity index (χ0v) is 13.1. The highest BCUT2D eigenvalue weighted by Gasteiger charge is 2.11. The minimum absolute atomic E-state index is 0.189. The molecule has 3 nitrogen and oxygen atoms in total. The average Bonchev–Trinajstić information content (AvgIpc) is 2.35. The number of pyridine rings is 1. The van der Waals surface area contributed by atoms with Gasteiger partial charge in [-0.3, -0.25) is 0 Å². The molecular weight excluding hydrogens is 292 g/mol. The van der Waals surface area contributed by atoms with Gasteiger partial charge >= 0.3 is 0 Å². The molecule has 0 fully saturated rings. The largest absolute Gasteiger partial charge is 0.474 e. The number of aromatic nitrogens is 1. The van der Waals surface area contributed by atoms with Gasteiger partial charge in [-0.25, -0.2) is 4.98 Å². The lowest BCUT2D eigenvalue weighted by Gasteiger charge is -2.16. The van der Waals surface area contributed by atoms with Crippen LogP contribution in [-0.4, -0.2) is 11.1 Å². The number of anilines is 1. The SMILES string of the molecule is CCCCCCC(C)Oc1ncc(N)c(C)c1Br. The zero-order valence-electron chi connectivity index (χ0n) is 11.5. The summed E-state index contributed by atoms with van der Waals surface area (Å²) in [5.74, 6) is 0.643. The van der Waals surface area contributed by atoms with Crippen LogP contribution in [0.1, 0.15) is 51.5 Å². The van der Waals surface area contributed by atoms with Crippen LogP contribution in [0, 0.1) is 6.92 Å². The summed E-state index contributed by atoms with van der Waals surface area (Å²) in [5.41, 5.74) is 7.46. The Labute approximate surface area is 118 Å². The second kappa shape index (κ2) is 7.62. The molecule has 102 valence electrons. The van der Waals surface area contributed by atoms with Gasteiger partial charge in [-0.15, -0.1) is 0 Å². The lowest BCUT2D eigenvalue weighted by molar-refractivity contribution is 0.196. The predicted octanol–water partition coefficient (Wildman–Crippen LogP) is 4.47. The Kier molecular flexibility index (Phi) is 6.47. The first kappa shape index (κ1) is 15.3. The molecule has 1 unspecified atom stereocenters. The summed E-state index contributed by atoms with van der Waals surface area (Å²) >= 11 is 3.49. The van der Waals surface area contributed by atoms with Gasteiger partial charge in [-0.2, -0.15) is 0 Å². The van der Waals surface area contributed by atoms with Crippen molar-refractivity contribution in [1.29, 1.82) is 0 Å². The molecule has 1 heterocycles. The van der Waals surface area contributed by atoms with E-state index in [1.54, 1.807) is 6.20 Å². The fraction of sp³-hybridized carbons (Fsp3) is 0.643. The molecule has 0 aromatic carbocycles. The van der Waals surface area contributed by atoms with Crippen LogP contribution in [0.5, 0.6) is 5.88 Å². The number of ether oxygens (including phenoxy) is 1. The lowest BCUT2D eigenvalue weighted by Crippen LogP contribution is -2.13. The molecule has 0 saturated heterocycles. The number of halogens is 1. The van der Waals surface area contributed by atoms with E-state index >= 15 is 0 Å².